The van der Waals surface area contributed by atoms with Gasteiger partial charge < -0.3 is 19.5 Å². The van der Waals surface area contributed by atoms with Gasteiger partial charge in [-0.25, -0.2) is 0 Å². The lowest BCUT2D eigenvalue weighted by atomic mass is 9.89. The van der Waals surface area contributed by atoms with E-state index in [2.05, 4.69) is 5.32 Å². The molecule has 1 N–H and O–H groups in total. The first-order chi connectivity index (χ1) is 12.8. The summed E-state index contributed by atoms with van der Waals surface area (Å²) < 4.78 is 17.2. The maximum atomic E-state index is 12.8. The molecule has 5 nitrogen and oxygen atoms in total. The molecule has 2 unspecified atom stereocenters. The molecule has 2 aromatic carbocycles. The summed E-state index contributed by atoms with van der Waals surface area (Å²) in [5.41, 5.74) is 1.56. The Morgan fingerprint density at radius 1 is 1.26 bits per heavy atom. The highest BCUT2D eigenvalue weighted by Gasteiger charge is 2.35. The van der Waals surface area contributed by atoms with Crippen LogP contribution in [0.5, 0.6) is 17.2 Å². The smallest absolute Gasteiger partial charge is 0.261 e. The largest absolute Gasteiger partial charge is 0.497 e. The van der Waals surface area contributed by atoms with Crippen LogP contribution in [-0.4, -0.2) is 24.7 Å². The zero-order valence-electron chi connectivity index (χ0n) is 16.5. The molecule has 0 radical (unpaired) electrons. The third-order valence-corrected chi connectivity index (χ3v) is 4.76. The Balaban J connectivity index is 1.76. The summed E-state index contributed by atoms with van der Waals surface area (Å²) in [4.78, 5) is 12.8. The highest BCUT2D eigenvalue weighted by molar-refractivity contribution is 5.81. The van der Waals surface area contributed by atoms with Gasteiger partial charge in [0.05, 0.1) is 13.2 Å². The maximum absolute atomic E-state index is 12.8. The fraction of sp³-hybridized carbons (Fsp3) is 0.409. The van der Waals surface area contributed by atoms with Crippen molar-refractivity contribution in [2.75, 3.05) is 7.11 Å². The second-order valence-electron chi connectivity index (χ2n) is 7.56. The highest BCUT2D eigenvalue weighted by Crippen LogP contribution is 2.41. The van der Waals surface area contributed by atoms with Crippen LogP contribution in [0.1, 0.15) is 44.4 Å². The minimum atomic E-state index is -0.598. The van der Waals surface area contributed by atoms with Gasteiger partial charge in [0.15, 0.2) is 6.10 Å². The quantitative estimate of drug-likeness (QED) is 0.859. The number of para-hydroxylation sites is 1. The number of fused-ring (bicyclic) bond motifs is 1. The molecule has 2 aromatic rings. The van der Waals surface area contributed by atoms with Gasteiger partial charge in [-0.2, -0.15) is 0 Å². The minimum Gasteiger partial charge on any atom is -0.497 e. The van der Waals surface area contributed by atoms with Gasteiger partial charge in [-0.15, -0.1) is 0 Å². The predicted octanol–water partition coefficient (Wildman–Crippen LogP) is 4.19. The molecule has 0 bridgehead atoms. The molecule has 0 saturated carbocycles. The summed E-state index contributed by atoms with van der Waals surface area (Å²) in [5.74, 6) is 2.04. The average molecular weight is 369 g/mol. The molecular weight excluding hydrogens is 342 g/mol. The van der Waals surface area contributed by atoms with Gasteiger partial charge >= 0.3 is 0 Å². The Morgan fingerprint density at radius 3 is 2.70 bits per heavy atom. The molecule has 1 aliphatic heterocycles. The summed E-state index contributed by atoms with van der Waals surface area (Å²) in [6.45, 7) is 7.76. The lowest BCUT2D eigenvalue weighted by Crippen LogP contribution is -2.44. The maximum Gasteiger partial charge on any atom is 0.261 e. The first-order valence-electron chi connectivity index (χ1n) is 9.19. The molecule has 3 rings (SSSR count). The van der Waals surface area contributed by atoms with E-state index in [-0.39, 0.29) is 11.9 Å². The second-order valence-corrected chi connectivity index (χ2v) is 7.56. The number of nitrogens with one attached hydrogen (secondary N) is 1. The Morgan fingerprint density at radius 2 is 2.00 bits per heavy atom. The zero-order valence-corrected chi connectivity index (χ0v) is 16.5. The van der Waals surface area contributed by atoms with Crippen LogP contribution in [0.15, 0.2) is 42.5 Å². The van der Waals surface area contributed by atoms with Crippen molar-refractivity contribution in [1.29, 1.82) is 0 Å². The zero-order chi connectivity index (χ0) is 19.6. The van der Waals surface area contributed by atoms with Crippen molar-refractivity contribution in [1.82, 2.24) is 5.32 Å². The van der Waals surface area contributed by atoms with Crippen molar-refractivity contribution < 1.29 is 19.0 Å². The molecule has 1 heterocycles. The molecule has 144 valence electrons. The SMILES string of the molecule is COc1ccc2c(c1)OC(C)(C)CC2NC(=O)C(C)Oc1ccccc1C. The molecule has 1 amide bonds. The third kappa shape index (κ3) is 4.35. The number of carbonyl (C=O) groups is 1. The number of hydrogen-bond acceptors (Lipinski definition) is 4. The van der Waals surface area contributed by atoms with Crippen LogP contribution in [-0.2, 0) is 4.79 Å². The lowest BCUT2D eigenvalue weighted by molar-refractivity contribution is -0.128. The van der Waals surface area contributed by atoms with Crippen molar-refractivity contribution in [3.63, 3.8) is 0 Å². The van der Waals surface area contributed by atoms with Crippen LogP contribution in [0, 0.1) is 6.92 Å². The molecule has 5 heteroatoms. The van der Waals surface area contributed by atoms with E-state index in [0.717, 1.165) is 28.4 Å². The number of benzene rings is 2. The van der Waals surface area contributed by atoms with Crippen LogP contribution >= 0.6 is 0 Å². The highest BCUT2D eigenvalue weighted by atomic mass is 16.5. The summed E-state index contributed by atoms with van der Waals surface area (Å²) in [5, 5.41) is 3.12. The van der Waals surface area contributed by atoms with Gasteiger partial charge in [0.25, 0.3) is 5.91 Å². The molecule has 0 spiro atoms. The third-order valence-electron chi connectivity index (χ3n) is 4.76. The van der Waals surface area contributed by atoms with E-state index in [1.165, 1.54) is 0 Å². The summed E-state index contributed by atoms with van der Waals surface area (Å²) in [6, 6.07) is 13.2. The van der Waals surface area contributed by atoms with Gasteiger partial charge in [0.2, 0.25) is 0 Å². The number of carbonyl (C=O) groups excluding carboxylic acids is 1. The number of hydrogen-bond donors (Lipinski definition) is 1. The molecule has 0 saturated heterocycles. The second kappa shape index (κ2) is 7.51. The van der Waals surface area contributed by atoms with E-state index in [4.69, 9.17) is 14.2 Å². The normalized spacial score (nSPS) is 18.6. The molecule has 2 atom stereocenters. The van der Waals surface area contributed by atoms with Gasteiger partial charge in [-0.05, 0) is 51.5 Å². The Bertz CT molecular complexity index is 831. The van der Waals surface area contributed by atoms with Gasteiger partial charge in [-0.3, -0.25) is 4.79 Å². The number of methoxy groups -OCH3 is 1. The van der Waals surface area contributed by atoms with E-state index in [1.54, 1.807) is 14.0 Å². The number of amides is 1. The summed E-state index contributed by atoms with van der Waals surface area (Å²) >= 11 is 0. The van der Waals surface area contributed by atoms with Crippen LogP contribution in [0.25, 0.3) is 0 Å². The summed E-state index contributed by atoms with van der Waals surface area (Å²) in [7, 11) is 1.62. The van der Waals surface area contributed by atoms with Crippen molar-refractivity contribution in [3.8, 4) is 17.2 Å². The van der Waals surface area contributed by atoms with Crippen LogP contribution in [0.3, 0.4) is 0 Å². The van der Waals surface area contributed by atoms with E-state index in [0.29, 0.717) is 6.42 Å². The predicted molar refractivity (Wildman–Crippen MR) is 104 cm³/mol. The number of rotatable bonds is 5. The van der Waals surface area contributed by atoms with Crippen molar-refractivity contribution in [2.45, 2.75) is 51.9 Å². The van der Waals surface area contributed by atoms with Crippen molar-refractivity contribution in [3.05, 3.63) is 53.6 Å². The average Bonchev–Trinajstić information content (AvgIpc) is 2.62. The van der Waals surface area contributed by atoms with Crippen LogP contribution < -0.4 is 19.5 Å². The monoisotopic (exact) mass is 369 g/mol. The number of aryl methyl sites for hydroxylation is 1. The van der Waals surface area contributed by atoms with Gasteiger partial charge in [0, 0.05) is 18.1 Å². The summed E-state index contributed by atoms with van der Waals surface area (Å²) in [6.07, 6.45) is 0.0774. The molecule has 0 fully saturated rings. The van der Waals surface area contributed by atoms with Crippen LogP contribution in [0.2, 0.25) is 0 Å². The minimum absolute atomic E-state index is 0.148. The molecule has 0 aliphatic carbocycles. The molecule has 27 heavy (non-hydrogen) atoms. The van der Waals surface area contributed by atoms with E-state index in [9.17, 15) is 4.79 Å². The van der Waals surface area contributed by atoms with Gasteiger partial charge in [0.1, 0.15) is 22.8 Å². The van der Waals surface area contributed by atoms with E-state index >= 15 is 0 Å². The molecular formula is C22H27NO4. The van der Waals surface area contributed by atoms with Crippen LogP contribution in [0.4, 0.5) is 0 Å². The van der Waals surface area contributed by atoms with E-state index in [1.807, 2.05) is 63.2 Å². The number of ether oxygens (including phenoxy) is 3. The van der Waals surface area contributed by atoms with Gasteiger partial charge in [-0.1, -0.05) is 18.2 Å². The fourth-order valence-corrected chi connectivity index (χ4v) is 3.31. The first kappa shape index (κ1) is 19.1. The lowest BCUT2D eigenvalue weighted by Gasteiger charge is -2.38. The molecule has 0 aromatic heterocycles. The Hall–Kier alpha value is -2.69. The first-order valence-corrected chi connectivity index (χ1v) is 9.19. The van der Waals surface area contributed by atoms with E-state index < -0.39 is 11.7 Å². The van der Waals surface area contributed by atoms with Crippen molar-refractivity contribution >= 4 is 5.91 Å². The van der Waals surface area contributed by atoms with Crippen molar-refractivity contribution in [2.24, 2.45) is 0 Å². The fourth-order valence-electron chi connectivity index (χ4n) is 3.31. The standard InChI is InChI=1S/C22H27NO4/c1-14-8-6-7-9-19(14)26-15(2)21(24)23-18-13-22(3,4)27-20-12-16(25-5)10-11-17(18)20/h6-12,15,18H,13H2,1-5H3,(H,23,24). The molecule has 1 aliphatic rings. The topological polar surface area (TPSA) is 56.8 Å². The Kier molecular flexibility index (Phi) is 5.31. The Labute approximate surface area is 160 Å².